The predicted octanol–water partition coefficient (Wildman–Crippen LogP) is 4.26. The molecule has 128 valence electrons. The number of methoxy groups -OCH3 is 2. The van der Waals surface area contributed by atoms with E-state index in [0.717, 1.165) is 16.9 Å². The number of allylic oxidation sites excluding steroid dienone is 4. The molecule has 0 spiro atoms. The lowest BCUT2D eigenvalue weighted by Gasteiger charge is -2.06. The minimum atomic E-state index is -0.144. The molecule has 0 saturated heterocycles. The highest BCUT2D eigenvalue weighted by atomic mass is 16.5. The number of ether oxygens (including phenoxy) is 2. The van der Waals surface area contributed by atoms with Gasteiger partial charge in [-0.1, -0.05) is 36.4 Å². The van der Waals surface area contributed by atoms with E-state index in [0.29, 0.717) is 5.75 Å². The molecule has 0 aliphatic heterocycles. The Kier molecular flexibility index (Phi) is 6.60. The zero-order valence-electron chi connectivity index (χ0n) is 14.2. The van der Waals surface area contributed by atoms with Crippen LogP contribution in [0.5, 0.6) is 17.2 Å². The summed E-state index contributed by atoms with van der Waals surface area (Å²) in [4.78, 5) is 11.8. The van der Waals surface area contributed by atoms with Crippen LogP contribution in [0.15, 0.2) is 66.8 Å². The molecule has 0 saturated carbocycles. The van der Waals surface area contributed by atoms with E-state index in [9.17, 15) is 9.90 Å². The summed E-state index contributed by atoms with van der Waals surface area (Å²) in [6.45, 7) is 0. The molecule has 0 atom stereocenters. The first-order valence-electron chi connectivity index (χ1n) is 7.70. The lowest BCUT2D eigenvalue weighted by atomic mass is 10.1. The zero-order valence-corrected chi connectivity index (χ0v) is 14.2. The van der Waals surface area contributed by atoms with E-state index in [1.54, 1.807) is 56.7 Å². The molecule has 0 bridgehead atoms. The van der Waals surface area contributed by atoms with Gasteiger partial charge < -0.3 is 14.6 Å². The Morgan fingerprint density at radius 3 is 2.52 bits per heavy atom. The number of phenolic OH excluding ortho intramolecular Hbond substituents is 1. The van der Waals surface area contributed by atoms with Crippen molar-refractivity contribution < 1.29 is 19.4 Å². The second-order valence-corrected chi connectivity index (χ2v) is 5.16. The van der Waals surface area contributed by atoms with Crippen molar-refractivity contribution >= 4 is 17.9 Å². The van der Waals surface area contributed by atoms with Gasteiger partial charge in [0.05, 0.1) is 14.2 Å². The van der Waals surface area contributed by atoms with E-state index in [1.807, 2.05) is 24.3 Å². The molecular formula is C21H20O4. The van der Waals surface area contributed by atoms with Gasteiger partial charge in [0.15, 0.2) is 5.78 Å². The number of hydrogen-bond acceptors (Lipinski definition) is 4. The third kappa shape index (κ3) is 5.70. The second kappa shape index (κ2) is 9.13. The molecule has 2 aromatic carbocycles. The molecule has 0 unspecified atom stereocenters. The fraction of sp³-hybridized carbons (Fsp3) is 0.0952. The average Bonchev–Trinajstić information content (AvgIpc) is 2.63. The van der Waals surface area contributed by atoms with Crippen molar-refractivity contribution in [2.24, 2.45) is 0 Å². The normalized spacial score (nSPS) is 11.4. The Morgan fingerprint density at radius 1 is 0.960 bits per heavy atom. The molecule has 1 N–H and O–H groups in total. The van der Waals surface area contributed by atoms with Gasteiger partial charge in [-0.25, -0.2) is 0 Å². The molecule has 0 aromatic heterocycles. The molecular weight excluding hydrogens is 316 g/mol. The molecule has 0 fully saturated rings. The number of phenols is 1. The second-order valence-electron chi connectivity index (χ2n) is 5.16. The van der Waals surface area contributed by atoms with Crippen molar-refractivity contribution in [1.82, 2.24) is 0 Å². The zero-order chi connectivity index (χ0) is 18.1. The van der Waals surface area contributed by atoms with Gasteiger partial charge >= 0.3 is 0 Å². The molecule has 25 heavy (non-hydrogen) atoms. The number of rotatable bonds is 7. The first-order chi connectivity index (χ1) is 12.1. The highest BCUT2D eigenvalue weighted by Gasteiger charge is 2.01. The number of aromatic hydroxyl groups is 1. The van der Waals surface area contributed by atoms with Crippen LogP contribution in [0.1, 0.15) is 11.1 Å². The summed E-state index contributed by atoms with van der Waals surface area (Å²) in [5, 5.41) is 9.38. The number of benzene rings is 2. The third-order valence-corrected chi connectivity index (χ3v) is 3.40. The predicted molar refractivity (Wildman–Crippen MR) is 99.9 cm³/mol. The highest BCUT2D eigenvalue weighted by Crippen LogP contribution is 2.25. The van der Waals surface area contributed by atoms with E-state index in [1.165, 1.54) is 12.2 Å². The van der Waals surface area contributed by atoms with Crippen LogP contribution in [0.2, 0.25) is 0 Å². The number of ketones is 1. The van der Waals surface area contributed by atoms with E-state index in [2.05, 4.69) is 0 Å². The summed E-state index contributed by atoms with van der Waals surface area (Å²) in [5.41, 5.74) is 1.65. The van der Waals surface area contributed by atoms with Crippen LogP contribution in [0.4, 0.5) is 0 Å². The Labute approximate surface area is 147 Å². The van der Waals surface area contributed by atoms with Crippen LogP contribution < -0.4 is 9.47 Å². The van der Waals surface area contributed by atoms with E-state index >= 15 is 0 Å². The summed E-state index contributed by atoms with van der Waals surface area (Å²) in [6.07, 6.45) is 9.85. The van der Waals surface area contributed by atoms with Crippen molar-refractivity contribution in [1.29, 1.82) is 0 Å². The van der Waals surface area contributed by atoms with Gasteiger partial charge in [-0.05, 0) is 42.0 Å². The van der Waals surface area contributed by atoms with Gasteiger partial charge in [0.25, 0.3) is 0 Å². The fourth-order valence-corrected chi connectivity index (χ4v) is 2.13. The van der Waals surface area contributed by atoms with Crippen molar-refractivity contribution in [2.45, 2.75) is 0 Å². The average molecular weight is 336 g/mol. The van der Waals surface area contributed by atoms with E-state index < -0.39 is 0 Å². The summed E-state index contributed by atoms with van der Waals surface area (Å²) in [7, 11) is 3.20. The topological polar surface area (TPSA) is 55.8 Å². The lowest BCUT2D eigenvalue weighted by molar-refractivity contribution is -0.110. The lowest BCUT2D eigenvalue weighted by Crippen LogP contribution is -1.89. The number of carbonyl (C=O) groups excluding carboxylic acids is 1. The minimum absolute atomic E-state index is 0.144. The van der Waals surface area contributed by atoms with Crippen molar-refractivity contribution in [2.75, 3.05) is 14.2 Å². The standard InChI is InChI=1S/C21H20O4/c1-24-20-13-11-17(21(15-20)25-2)7-3-4-8-18(22)12-10-16-6-5-9-19(23)14-16/h3-15,23H,1-2H3/b7-3+,8-4+,12-10+. The first kappa shape index (κ1) is 18.1. The van der Waals surface area contributed by atoms with Gasteiger partial charge in [-0.3, -0.25) is 4.79 Å². The first-order valence-corrected chi connectivity index (χ1v) is 7.70. The SMILES string of the molecule is COc1ccc(/C=C/C=C/C(=O)/C=C/c2cccc(O)c2)c(OC)c1. The Morgan fingerprint density at radius 2 is 1.80 bits per heavy atom. The van der Waals surface area contributed by atoms with Crippen molar-refractivity contribution in [3.05, 3.63) is 77.9 Å². The largest absolute Gasteiger partial charge is 0.508 e. The van der Waals surface area contributed by atoms with Crippen LogP contribution in [0.3, 0.4) is 0 Å². The van der Waals surface area contributed by atoms with E-state index in [4.69, 9.17) is 9.47 Å². The van der Waals surface area contributed by atoms with Crippen molar-refractivity contribution in [3.63, 3.8) is 0 Å². The molecule has 0 heterocycles. The molecule has 4 heteroatoms. The van der Waals surface area contributed by atoms with Crippen LogP contribution in [-0.2, 0) is 4.79 Å². The fourth-order valence-electron chi connectivity index (χ4n) is 2.13. The highest BCUT2D eigenvalue weighted by molar-refractivity contribution is 6.02. The van der Waals surface area contributed by atoms with Crippen LogP contribution in [-0.4, -0.2) is 25.1 Å². The molecule has 2 rings (SSSR count). The Balaban J connectivity index is 1.98. The molecule has 0 aliphatic rings. The summed E-state index contributed by atoms with van der Waals surface area (Å²) in [5.74, 6) is 1.44. The van der Waals surface area contributed by atoms with Gasteiger partial charge in [0, 0.05) is 11.6 Å². The number of carbonyl (C=O) groups is 1. The summed E-state index contributed by atoms with van der Waals surface area (Å²) in [6, 6.07) is 12.2. The van der Waals surface area contributed by atoms with Crippen molar-refractivity contribution in [3.8, 4) is 17.2 Å². The van der Waals surface area contributed by atoms with Gasteiger partial charge in [0.2, 0.25) is 0 Å². The van der Waals surface area contributed by atoms with Gasteiger partial charge in [0.1, 0.15) is 17.2 Å². The Bertz CT molecular complexity index is 816. The minimum Gasteiger partial charge on any atom is -0.508 e. The third-order valence-electron chi connectivity index (χ3n) is 3.40. The number of hydrogen-bond donors (Lipinski definition) is 1. The molecule has 0 amide bonds. The molecule has 2 aromatic rings. The smallest absolute Gasteiger partial charge is 0.178 e. The molecule has 4 nitrogen and oxygen atoms in total. The quantitative estimate of drug-likeness (QED) is 0.606. The monoisotopic (exact) mass is 336 g/mol. The maximum atomic E-state index is 11.8. The van der Waals surface area contributed by atoms with E-state index in [-0.39, 0.29) is 11.5 Å². The van der Waals surface area contributed by atoms with Crippen LogP contribution >= 0.6 is 0 Å². The van der Waals surface area contributed by atoms with Crippen LogP contribution in [0.25, 0.3) is 12.2 Å². The van der Waals surface area contributed by atoms with Gasteiger partial charge in [-0.15, -0.1) is 0 Å². The van der Waals surface area contributed by atoms with Crippen LogP contribution in [0, 0.1) is 0 Å². The maximum absolute atomic E-state index is 11.8. The summed E-state index contributed by atoms with van der Waals surface area (Å²) < 4.78 is 10.5. The molecule has 0 aliphatic carbocycles. The summed E-state index contributed by atoms with van der Waals surface area (Å²) >= 11 is 0. The Hall–Kier alpha value is -3.27. The maximum Gasteiger partial charge on any atom is 0.178 e. The molecule has 0 radical (unpaired) electrons. The van der Waals surface area contributed by atoms with Gasteiger partial charge in [-0.2, -0.15) is 0 Å².